The van der Waals surface area contributed by atoms with E-state index in [2.05, 4.69) is 26.6 Å². The van der Waals surface area contributed by atoms with E-state index in [0.717, 1.165) is 12.8 Å². The van der Waals surface area contributed by atoms with Crippen molar-refractivity contribution in [1.29, 1.82) is 0 Å². The van der Waals surface area contributed by atoms with Gasteiger partial charge in [-0.2, -0.15) is 0 Å². The highest BCUT2D eigenvalue weighted by molar-refractivity contribution is 9.10. The molecule has 0 aliphatic heterocycles. The first-order valence-corrected chi connectivity index (χ1v) is 8.76. The van der Waals surface area contributed by atoms with Crippen LogP contribution in [0.25, 0.3) is 0 Å². The largest absolute Gasteiger partial charge is 0.347 e. The van der Waals surface area contributed by atoms with Crippen LogP contribution >= 0.6 is 27.3 Å². The van der Waals surface area contributed by atoms with Gasteiger partial charge in [0.05, 0.1) is 14.4 Å². The van der Waals surface area contributed by atoms with Gasteiger partial charge in [0.1, 0.15) is 5.82 Å². The zero-order valence-electron chi connectivity index (χ0n) is 12.1. The van der Waals surface area contributed by atoms with Crippen LogP contribution in [0.15, 0.2) is 34.8 Å². The summed E-state index contributed by atoms with van der Waals surface area (Å²) in [4.78, 5) is 24.3. The fourth-order valence-electron chi connectivity index (χ4n) is 2.02. The molecular weight excluding hydrogens is 383 g/mol. The quantitative estimate of drug-likeness (QED) is 0.804. The number of halogens is 2. The smallest absolute Gasteiger partial charge is 0.261 e. The van der Waals surface area contributed by atoms with Gasteiger partial charge in [0.25, 0.3) is 5.91 Å². The van der Waals surface area contributed by atoms with Crippen LogP contribution in [0.1, 0.15) is 28.1 Å². The van der Waals surface area contributed by atoms with Crippen molar-refractivity contribution in [2.75, 3.05) is 5.32 Å². The van der Waals surface area contributed by atoms with Crippen molar-refractivity contribution in [3.63, 3.8) is 0 Å². The highest BCUT2D eigenvalue weighted by Crippen LogP contribution is 2.31. The molecule has 2 aromatic rings. The molecule has 1 aromatic heterocycles. The van der Waals surface area contributed by atoms with Gasteiger partial charge < -0.3 is 10.6 Å². The summed E-state index contributed by atoms with van der Waals surface area (Å²) in [5, 5.41) is 6.22. The number of anilines is 1. The molecule has 23 heavy (non-hydrogen) atoms. The third-order valence-electron chi connectivity index (χ3n) is 3.46. The van der Waals surface area contributed by atoms with E-state index in [4.69, 9.17) is 0 Å². The molecule has 1 heterocycles. The molecule has 2 N–H and O–H groups in total. The van der Waals surface area contributed by atoms with E-state index in [9.17, 15) is 14.0 Å². The Morgan fingerprint density at radius 2 is 2.04 bits per heavy atom. The van der Waals surface area contributed by atoms with Crippen LogP contribution in [0.3, 0.4) is 0 Å². The molecule has 0 bridgehead atoms. The molecule has 7 heteroatoms. The predicted octanol–water partition coefficient (Wildman–Crippen LogP) is 3.93. The lowest BCUT2D eigenvalue weighted by molar-refractivity contribution is -0.117. The second kappa shape index (κ2) is 6.80. The summed E-state index contributed by atoms with van der Waals surface area (Å²) in [5.41, 5.74) is 0.679. The van der Waals surface area contributed by atoms with Crippen molar-refractivity contribution in [2.24, 2.45) is 5.92 Å². The van der Waals surface area contributed by atoms with Gasteiger partial charge in [-0.05, 0) is 58.6 Å². The fraction of sp³-hybridized carbons (Fsp3) is 0.250. The Morgan fingerprint density at radius 1 is 1.26 bits per heavy atom. The van der Waals surface area contributed by atoms with Crippen LogP contribution in [0, 0.1) is 11.7 Å². The van der Waals surface area contributed by atoms with Crippen molar-refractivity contribution in [3.05, 3.63) is 51.1 Å². The lowest BCUT2D eigenvalue weighted by atomic mass is 10.2. The third-order valence-corrected chi connectivity index (χ3v) is 5.10. The van der Waals surface area contributed by atoms with Crippen molar-refractivity contribution in [1.82, 2.24) is 5.32 Å². The monoisotopic (exact) mass is 396 g/mol. The van der Waals surface area contributed by atoms with E-state index >= 15 is 0 Å². The van der Waals surface area contributed by atoms with E-state index in [1.54, 1.807) is 24.3 Å². The topological polar surface area (TPSA) is 58.2 Å². The molecule has 3 rings (SSSR count). The Labute approximate surface area is 145 Å². The Bertz CT molecular complexity index is 758. The number of carbonyl (C=O) groups is 2. The minimum absolute atomic E-state index is 0.0177. The van der Waals surface area contributed by atoms with E-state index in [-0.39, 0.29) is 30.1 Å². The molecule has 0 saturated heterocycles. The van der Waals surface area contributed by atoms with Crippen LogP contribution in [0.2, 0.25) is 0 Å². The first-order chi connectivity index (χ1) is 11.0. The summed E-state index contributed by atoms with van der Waals surface area (Å²) in [5.74, 6) is -0.464. The Balaban J connectivity index is 1.56. The zero-order chi connectivity index (χ0) is 16.4. The van der Waals surface area contributed by atoms with Crippen molar-refractivity contribution >= 4 is 44.1 Å². The van der Waals surface area contributed by atoms with E-state index in [0.29, 0.717) is 19.9 Å². The normalized spacial score (nSPS) is 13.7. The van der Waals surface area contributed by atoms with Gasteiger partial charge in [0.2, 0.25) is 5.91 Å². The number of hydrogen-bond acceptors (Lipinski definition) is 3. The lowest BCUT2D eigenvalue weighted by Crippen LogP contribution is -2.21. The number of hydrogen-bond donors (Lipinski definition) is 2. The first kappa shape index (κ1) is 16.1. The molecule has 1 fully saturated rings. The highest BCUT2D eigenvalue weighted by atomic mass is 79.9. The van der Waals surface area contributed by atoms with Crippen LogP contribution in [-0.2, 0) is 11.3 Å². The van der Waals surface area contributed by atoms with Crippen molar-refractivity contribution in [3.8, 4) is 0 Å². The summed E-state index contributed by atoms with van der Waals surface area (Å²) < 4.78 is 13.8. The minimum Gasteiger partial charge on any atom is -0.347 e. The standard InChI is InChI=1S/C16H14BrFN2O2S/c17-11-4-1-9(7-12(11)18)8-19-16(22)13-5-6-14(23-13)20-15(21)10-2-3-10/h1,4-7,10H,2-3,8H2,(H,19,22)(H,20,21). The highest BCUT2D eigenvalue weighted by Gasteiger charge is 2.29. The molecule has 0 atom stereocenters. The second-order valence-electron chi connectivity index (χ2n) is 5.36. The molecule has 0 unspecified atom stereocenters. The van der Waals surface area contributed by atoms with Crippen LogP contribution in [0.4, 0.5) is 9.39 Å². The Kier molecular flexibility index (Phi) is 4.77. The SMILES string of the molecule is O=C(NCc1ccc(Br)c(F)c1)c1ccc(NC(=O)C2CC2)s1. The molecule has 120 valence electrons. The van der Waals surface area contributed by atoms with Gasteiger partial charge in [0.15, 0.2) is 0 Å². The molecule has 2 amide bonds. The van der Waals surface area contributed by atoms with E-state index < -0.39 is 0 Å². The Hall–Kier alpha value is -1.73. The van der Waals surface area contributed by atoms with Gasteiger partial charge in [-0.3, -0.25) is 9.59 Å². The summed E-state index contributed by atoms with van der Waals surface area (Å²) in [6, 6.07) is 8.11. The molecule has 4 nitrogen and oxygen atoms in total. The van der Waals surface area contributed by atoms with Gasteiger partial charge >= 0.3 is 0 Å². The number of rotatable bonds is 5. The molecule has 1 aliphatic carbocycles. The van der Waals surface area contributed by atoms with Gasteiger partial charge in [0, 0.05) is 12.5 Å². The molecule has 1 saturated carbocycles. The Morgan fingerprint density at radius 3 is 2.74 bits per heavy atom. The number of amides is 2. The fourth-order valence-corrected chi connectivity index (χ4v) is 3.09. The van der Waals surface area contributed by atoms with Crippen LogP contribution < -0.4 is 10.6 Å². The van der Waals surface area contributed by atoms with E-state index in [1.165, 1.54) is 17.4 Å². The lowest BCUT2D eigenvalue weighted by Gasteiger charge is -2.05. The number of carbonyl (C=O) groups excluding carboxylic acids is 2. The second-order valence-corrected chi connectivity index (χ2v) is 7.30. The van der Waals surface area contributed by atoms with Gasteiger partial charge in [-0.1, -0.05) is 6.07 Å². The van der Waals surface area contributed by atoms with Crippen LogP contribution in [0.5, 0.6) is 0 Å². The molecule has 1 aliphatic rings. The zero-order valence-corrected chi connectivity index (χ0v) is 14.5. The van der Waals surface area contributed by atoms with Gasteiger partial charge in [-0.25, -0.2) is 4.39 Å². The summed E-state index contributed by atoms with van der Waals surface area (Å²) in [6.07, 6.45) is 1.88. The number of nitrogens with one attached hydrogen (secondary N) is 2. The van der Waals surface area contributed by atoms with Gasteiger partial charge in [-0.15, -0.1) is 11.3 Å². The third kappa shape index (κ3) is 4.17. The van der Waals surface area contributed by atoms with Crippen LogP contribution in [-0.4, -0.2) is 11.8 Å². The average molecular weight is 397 g/mol. The van der Waals surface area contributed by atoms with Crippen molar-refractivity contribution in [2.45, 2.75) is 19.4 Å². The average Bonchev–Trinajstić information content (AvgIpc) is 3.28. The maximum absolute atomic E-state index is 13.4. The molecule has 1 aromatic carbocycles. The molecule has 0 radical (unpaired) electrons. The molecular formula is C16H14BrFN2O2S. The molecule has 0 spiro atoms. The maximum Gasteiger partial charge on any atom is 0.261 e. The predicted molar refractivity (Wildman–Crippen MR) is 90.9 cm³/mol. The van der Waals surface area contributed by atoms with Crippen molar-refractivity contribution < 1.29 is 14.0 Å². The summed E-state index contributed by atoms with van der Waals surface area (Å²) >= 11 is 4.32. The first-order valence-electron chi connectivity index (χ1n) is 7.16. The summed E-state index contributed by atoms with van der Waals surface area (Å²) in [7, 11) is 0. The minimum atomic E-state index is -0.363. The summed E-state index contributed by atoms with van der Waals surface area (Å²) in [6.45, 7) is 0.241. The number of benzene rings is 1. The number of thiophene rings is 1. The maximum atomic E-state index is 13.4. The van der Waals surface area contributed by atoms with E-state index in [1.807, 2.05) is 0 Å².